The van der Waals surface area contributed by atoms with E-state index in [1.165, 1.54) is 27.1 Å². The summed E-state index contributed by atoms with van der Waals surface area (Å²) in [6.07, 6.45) is 0. The second-order valence-electron chi connectivity index (χ2n) is 15.2. The summed E-state index contributed by atoms with van der Waals surface area (Å²) in [6.45, 7) is 0. The first-order chi connectivity index (χ1) is 29.2. The SMILES string of the molecule is c1ccc(-c2cccc3c2oc2c(N(c4ccc(-c5ccc6ccc7ccccc7c6c5)cc4)c4ccc(-c5cccc6oc7ccccc7c56)cc4)cccc23)cc1. The van der Waals surface area contributed by atoms with Crippen LogP contribution in [-0.2, 0) is 0 Å². The van der Waals surface area contributed by atoms with Crippen molar-refractivity contribution in [3.8, 4) is 33.4 Å². The van der Waals surface area contributed by atoms with Crippen molar-refractivity contribution >= 4 is 82.5 Å². The quantitative estimate of drug-likeness (QED) is 0.158. The van der Waals surface area contributed by atoms with Crippen LogP contribution in [0.3, 0.4) is 0 Å². The van der Waals surface area contributed by atoms with Crippen molar-refractivity contribution in [3.05, 3.63) is 212 Å². The normalized spacial score (nSPS) is 11.7. The van der Waals surface area contributed by atoms with Gasteiger partial charge in [0.2, 0.25) is 0 Å². The molecule has 0 aliphatic rings. The molecule has 0 saturated heterocycles. The molecular weight excluding hydrogens is 719 g/mol. The van der Waals surface area contributed by atoms with Gasteiger partial charge in [-0.3, -0.25) is 0 Å². The van der Waals surface area contributed by atoms with Crippen molar-refractivity contribution in [2.24, 2.45) is 0 Å². The average molecular weight is 754 g/mol. The molecule has 0 spiro atoms. The lowest BCUT2D eigenvalue weighted by Crippen LogP contribution is -2.10. The van der Waals surface area contributed by atoms with Gasteiger partial charge in [-0.2, -0.15) is 0 Å². The van der Waals surface area contributed by atoms with Gasteiger partial charge in [0.25, 0.3) is 0 Å². The summed E-state index contributed by atoms with van der Waals surface area (Å²) in [5.74, 6) is 0. The van der Waals surface area contributed by atoms with Crippen LogP contribution in [0.5, 0.6) is 0 Å². The third kappa shape index (κ3) is 5.44. The molecule has 0 bridgehead atoms. The predicted octanol–water partition coefficient (Wildman–Crippen LogP) is 16.3. The van der Waals surface area contributed by atoms with Crippen LogP contribution in [0.4, 0.5) is 17.1 Å². The van der Waals surface area contributed by atoms with Crippen molar-refractivity contribution in [2.75, 3.05) is 4.90 Å². The number of anilines is 3. The monoisotopic (exact) mass is 753 g/mol. The molecule has 2 heterocycles. The van der Waals surface area contributed by atoms with Gasteiger partial charge in [0, 0.05) is 38.5 Å². The molecule has 0 saturated carbocycles. The van der Waals surface area contributed by atoms with Gasteiger partial charge in [0.1, 0.15) is 16.7 Å². The maximum atomic E-state index is 6.98. The Morgan fingerprint density at radius 2 is 0.864 bits per heavy atom. The molecule has 3 nitrogen and oxygen atoms in total. The Hall–Kier alpha value is -7.88. The Morgan fingerprint density at radius 3 is 1.68 bits per heavy atom. The number of furan rings is 2. The first-order valence-corrected chi connectivity index (χ1v) is 20.1. The third-order valence-corrected chi connectivity index (χ3v) is 11.9. The molecule has 0 unspecified atom stereocenters. The van der Waals surface area contributed by atoms with Gasteiger partial charge >= 0.3 is 0 Å². The molecule has 3 heteroatoms. The fraction of sp³-hybridized carbons (Fsp3) is 0. The van der Waals surface area contributed by atoms with E-state index in [1.54, 1.807) is 0 Å². The van der Waals surface area contributed by atoms with E-state index in [-0.39, 0.29) is 0 Å². The summed E-state index contributed by atoms with van der Waals surface area (Å²) in [6, 6.07) is 75.6. The molecule has 276 valence electrons. The maximum Gasteiger partial charge on any atom is 0.159 e. The third-order valence-electron chi connectivity index (χ3n) is 11.9. The first kappa shape index (κ1) is 33.3. The van der Waals surface area contributed by atoms with Gasteiger partial charge < -0.3 is 13.7 Å². The minimum atomic E-state index is 0.843. The number of para-hydroxylation sites is 3. The molecule has 0 aliphatic heterocycles. The molecule has 0 radical (unpaired) electrons. The molecule has 10 aromatic carbocycles. The molecule has 2 aromatic heterocycles. The van der Waals surface area contributed by atoms with Gasteiger partial charge in [-0.05, 0) is 97.9 Å². The molecule has 12 aromatic rings. The molecular formula is C56H35NO2. The van der Waals surface area contributed by atoms with Crippen molar-refractivity contribution in [1.82, 2.24) is 0 Å². The highest BCUT2D eigenvalue weighted by Gasteiger charge is 2.21. The standard InChI is InChI=1S/C56H35NO2/c1-2-11-37(12-3-1)46-17-8-18-47-48-19-9-20-51(56(48)59-55(46)47)57(43-33-29-39(30-34-43)45-16-10-22-53-54(45)49-15-6-7-21-52(49)58-53)42-31-27-36(28-32-42)41-26-25-40-24-23-38-13-4-5-14-44(38)50(40)35-41/h1-35H. The van der Waals surface area contributed by atoms with E-state index in [0.29, 0.717) is 0 Å². The molecule has 0 atom stereocenters. The Balaban J connectivity index is 1.01. The van der Waals surface area contributed by atoms with Crippen LogP contribution in [0.1, 0.15) is 0 Å². The second-order valence-corrected chi connectivity index (χ2v) is 15.2. The fourth-order valence-corrected chi connectivity index (χ4v) is 9.04. The predicted molar refractivity (Wildman–Crippen MR) is 247 cm³/mol. The maximum absolute atomic E-state index is 6.98. The number of hydrogen-bond donors (Lipinski definition) is 0. The highest BCUT2D eigenvalue weighted by molar-refractivity contribution is 6.15. The lowest BCUT2D eigenvalue weighted by atomic mass is 9.97. The number of fused-ring (bicyclic) bond motifs is 9. The van der Waals surface area contributed by atoms with E-state index in [4.69, 9.17) is 8.83 Å². The Kier molecular flexibility index (Phi) is 7.54. The zero-order chi connectivity index (χ0) is 38.9. The summed E-state index contributed by atoms with van der Waals surface area (Å²) in [5, 5.41) is 9.45. The highest BCUT2D eigenvalue weighted by atomic mass is 16.3. The van der Waals surface area contributed by atoms with Crippen LogP contribution in [0.15, 0.2) is 221 Å². The minimum Gasteiger partial charge on any atom is -0.456 e. The summed E-state index contributed by atoms with van der Waals surface area (Å²) >= 11 is 0. The Labute approximate surface area is 340 Å². The van der Waals surface area contributed by atoms with E-state index >= 15 is 0 Å². The van der Waals surface area contributed by atoms with Crippen molar-refractivity contribution in [2.45, 2.75) is 0 Å². The van der Waals surface area contributed by atoms with Crippen LogP contribution < -0.4 is 4.90 Å². The molecule has 59 heavy (non-hydrogen) atoms. The second kappa shape index (κ2) is 13.4. The Morgan fingerprint density at radius 1 is 0.305 bits per heavy atom. The van der Waals surface area contributed by atoms with Crippen molar-refractivity contribution < 1.29 is 8.83 Å². The fourth-order valence-electron chi connectivity index (χ4n) is 9.04. The van der Waals surface area contributed by atoms with E-state index in [9.17, 15) is 0 Å². The number of nitrogens with zero attached hydrogens (tertiary/aromatic N) is 1. The van der Waals surface area contributed by atoms with Crippen molar-refractivity contribution in [1.29, 1.82) is 0 Å². The number of benzene rings is 10. The van der Waals surface area contributed by atoms with Crippen LogP contribution in [0, 0.1) is 0 Å². The van der Waals surface area contributed by atoms with E-state index in [2.05, 4.69) is 205 Å². The van der Waals surface area contributed by atoms with Crippen LogP contribution >= 0.6 is 0 Å². The van der Waals surface area contributed by atoms with Gasteiger partial charge in [-0.25, -0.2) is 0 Å². The van der Waals surface area contributed by atoms with E-state index in [0.717, 1.165) is 88.8 Å². The van der Waals surface area contributed by atoms with Gasteiger partial charge in [-0.15, -0.1) is 0 Å². The Bertz CT molecular complexity index is 3540. The molecule has 0 amide bonds. The van der Waals surface area contributed by atoms with Crippen LogP contribution in [-0.4, -0.2) is 0 Å². The topological polar surface area (TPSA) is 29.5 Å². The lowest BCUT2D eigenvalue weighted by Gasteiger charge is -2.26. The molecule has 0 fully saturated rings. The number of rotatable bonds is 6. The van der Waals surface area contributed by atoms with Crippen LogP contribution in [0.25, 0.3) is 98.8 Å². The summed E-state index contributed by atoms with van der Waals surface area (Å²) in [4.78, 5) is 2.32. The number of hydrogen-bond acceptors (Lipinski definition) is 3. The first-order valence-electron chi connectivity index (χ1n) is 20.1. The van der Waals surface area contributed by atoms with Gasteiger partial charge in [-0.1, -0.05) is 164 Å². The minimum absolute atomic E-state index is 0.843. The summed E-state index contributed by atoms with van der Waals surface area (Å²) in [5.41, 5.74) is 13.4. The smallest absolute Gasteiger partial charge is 0.159 e. The van der Waals surface area contributed by atoms with Crippen molar-refractivity contribution in [3.63, 3.8) is 0 Å². The summed E-state index contributed by atoms with van der Waals surface area (Å²) < 4.78 is 13.2. The lowest BCUT2D eigenvalue weighted by molar-refractivity contribution is 0.669. The van der Waals surface area contributed by atoms with Gasteiger partial charge in [0.05, 0.1) is 5.69 Å². The van der Waals surface area contributed by atoms with Crippen LogP contribution in [0.2, 0.25) is 0 Å². The largest absolute Gasteiger partial charge is 0.456 e. The highest BCUT2D eigenvalue weighted by Crippen LogP contribution is 2.45. The van der Waals surface area contributed by atoms with Gasteiger partial charge in [0.15, 0.2) is 5.58 Å². The van der Waals surface area contributed by atoms with E-state index in [1.807, 2.05) is 12.1 Å². The molecule has 0 N–H and O–H groups in total. The zero-order valence-corrected chi connectivity index (χ0v) is 32.0. The zero-order valence-electron chi connectivity index (χ0n) is 32.0. The average Bonchev–Trinajstić information content (AvgIpc) is 3.89. The summed E-state index contributed by atoms with van der Waals surface area (Å²) in [7, 11) is 0. The molecule has 0 aliphatic carbocycles. The molecule has 12 rings (SSSR count). The van der Waals surface area contributed by atoms with E-state index < -0.39 is 0 Å².